The number of nitrogens with zero attached hydrogens (tertiary/aromatic N) is 1. The van der Waals surface area contributed by atoms with E-state index in [1.54, 1.807) is 19.1 Å². The first-order valence-electron chi connectivity index (χ1n) is 5.61. The molecule has 0 aliphatic rings. The maximum absolute atomic E-state index is 11.9. The Labute approximate surface area is 111 Å². The first kappa shape index (κ1) is 12.6. The van der Waals surface area contributed by atoms with Gasteiger partial charge in [-0.2, -0.15) is 0 Å². The molecule has 0 fully saturated rings. The molecule has 1 amide bonds. The summed E-state index contributed by atoms with van der Waals surface area (Å²) in [5.41, 5.74) is 2.32. The van der Waals surface area contributed by atoms with E-state index in [1.165, 1.54) is 0 Å². The van der Waals surface area contributed by atoms with Crippen LogP contribution in [-0.4, -0.2) is 10.9 Å². The molecule has 0 radical (unpaired) electrons. The molecule has 1 heterocycles. The molecule has 0 saturated heterocycles. The van der Waals surface area contributed by atoms with Gasteiger partial charge < -0.3 is 5.32 Å². The molecule has 1 aromatic heterocycles. The Morgan fingerprint density at radius 3 is 2.67 bits per heavy atom. The normalized spacial score (nSPS) is 10.1. The fourth-order valence-corrected chi connectivity index (χ4v) is 1.89. The van der Waals surface area contributed by atoms with Crippen LogP contribution in [0.4, 0.5) is 0 Å². The van der Waals surface area contributed by atoms with E-state index in [4.69, 9.17) is 11.6 Å². The van der Waals surface area contributed by atoms with Crippen LogP contribution in [0, 0.1) is 6.92 Å². The molecule has 1 aromatic carbocycles. The van der Waals surface area contributed by atoms with Crippen molar-refractivity contribution in [3.05, 3.63) is 64.4 Å². The average molecular weight is 261 g/mol. The molecule has 4 heteroatoms. The Morgan fingerprint density at radius 2 is 2.00 bits per heavy atom. The lowest BCUT2D eigenvalue weighted by Gasteiger charge is -2.06. The molecule has 2 rings (SSSR count). The molecule has 1 N–H and O–H groups in total. The van der Waals surface area contributed by atoms with E-state index in [1.807, 2.05) is 30.3 Å². The Balaban J connectivity index is 2.04. The lowest BCUT2D eigenvalue weighted by Crippen LogP contribution is -2.22. The minimum absolute atomic E-state index is 0.147. The van der Waals surface area contributed by atoms with Crippen molar-refractivity contribution in [3.63, 3.8) is 0 Å². The summed E-state index contributed by atoms with van der Waals surface area (Å²) in [6, 6.07) is 13.0. The van der Waals surface area contributed by atoms with Crippen LogP contribution in [-0.2, 0) is 6.54 Å². The molecular weight excluding hydrogens is 248 g/mol. The number of halogens is 1. The summed E-state index contributed by atoms with van der Waals surface area (Å²) in [6.07, 6.45) is 0. The molecule has 18 heavy (non-hydrogen) atoms. The zero-order chi connectivity index (χ0) is 13.0. The second kappa shape index (κ2) is 5.65. The zero-order valence-corrected chi connectivity index (χ0v) is 10.7. The number of hydrogen-bond donors (Lipinski definition) is 1. The minimum atomic E-state index is -0.147. The third kappa shape index (κ3) is 3.31. The van der Waals surface area contributed by atoms with Gasteiger partial charge in [0.1, 0.15) is 5.15 Å². The van der Waals surface area contributed by atoms with Crippen molar-refractivity contribution in [2.45, 2.75) is 13.5 Å². The maximum atomic E-state index is 11.9. The van der Waals surface area contributed by atoms with Crippen LogP contribution in [0.5, 0.6) is 0 Å². The van der Waals surface area contributed by atoms with Gasteiger partial charge in [0.2, 0.25) is 0 Å². The van der Waals surface area contributed by atoms with Gasteiger partial charge in [0.25, 0.3) is 5.91 Å². The highest BCUT2D eigenvalue weighted by molar-refractivity contribution is 6.29. The van der Waals surface area contributed by atoms with Gasteiger partial charge in [-0.25, -0.2) is 4.98 Å². The highest BCUT2D eigenvalue weighted by Crippen LogP contribution is 2.10. The highest BCUT2D eigenvalue weighted by Gasteiger charge is 2.07. The largest absolute Gasteiger partial charge is 0.348 e. The number of carbonyl (C=O) groups is 1. The number of aryl methyl sites for hydroxylation is 1. The van der Waals surface area contributed by atoms with Gasteiger partial charge in [0, 0.05) is 17.8 Å². The van der Waals surface area contributed by atoms with Crippen molar-refractivity contribution >= 4 is 17.5 Å². The number of aromatic nitrogens is 1. The molecule has 0 atom stereocenters. The summed E-state index contributed by atoms with van der Waals surface area (Å²) >= 11 is 5.82. The number of hydrogen-bond acceptors (Lipinski definition) is 2. The van der Waals surface area contributed by atoms with Gasteiger partial charge in [-0.15, -0.1) is 0 Å². The number of pyridine rings is 1. The van der Waals surface area contributed by atoms with E-state index < -0.39 is 0 Å². The number of nitrogens with one attached hydrogen (secondary N) is 1. The zero-order valence-electron chi connectivity index (χ0n) is 9.98. The number of amides is 1. The van der Waals surface area contributed by atoms with Crippen molar-refractivity contribution in [2.24, 2.45) is 0 Å². The first-order chi connectivity index (χ1) is 8.65. The molecule has 0 spiro atoms. The van der Waals surface area contributed by atoms with E-state index in [9.17, 15) is 4.79 Å². The molecule has 0 unspecified atom stereocenters. The van der Waals surface area contributed by atoms with E-state index in [0.717, 1.165) is 11.3 Å². The fourth-order valence-electron chi connectivity index (χ4n) is 1.64. The SMILES string of the molecule is Cc1cc(C(=O)NCc2ccccc2)cc(Cl)n1. The standard InChI is InChI=1S/C14H13ClN2O/c1-10-7-12(8-13(15)17-10)14(18)16-9-11-5-3-2-4-6-11/h2-8H,9H2,1H3,(H,16,18). The van der Waals surface area contributed by atoms with Crippen LogP contribution >= 0.6 is 11.6 Å². The second-order valence-corrected chi connectivity index (χ2v) is 4.38. The van der Waals surface area contributed by atoms with Crippen LogP contribution in [0.1, 0.15) is 21.6 Å². The molecule has 3 nitrogen and oxygen atoms in total. The highest BCUT2D eigenvalue weighted by atomic mass is 35.5. The summed E-state index contributed by atoms with van der Waals surface area (Å²) in [5, 5.41) is 3.18. The van der Waals surface area contributed by atoms with E-state index in [0.29, 0.717) is 17.3 Å². The Morgan fingerprint density at radius 1 is 1.28 bits per heavy atom. The lowest BCUT2D eigenvalue weighted by molar-refractivity contribution is 0.0950. The van der Waals surface area contributed by atoms with Crippen molar-refractivity contribution in [3.8, 4) is 0 Å². The van der Waals surface area contributed by atoms with Gasteiger partial charge >= 0.3 is 0 Å². The van der Waals surface area contributed by atoms with Gasteiger partial charge in [-0.3, -0.25) is 4.79 Å². The Bertz CT molecular complexity index is 535. The Kier molecular flexibility index (Phi) is 3.95. The van der Waals surface area contributed by atoms with Crippen LogP contribution in [0.25, 0.3) is 0 Å². The molecule has 0 aliphatic carbocycles. The molecule has 0 saturated carbocycles. The smallest absolute Gasteiger partial charge is 0.251 e. The quantitative estimate of drug-likeness (QED) is 0.862. The number of carbonyl (C=O) groups excluding carboxylic acids is 1. The molecule has 0 bridgehead atoms. The van der Waals surface area contributed by atoms with Crippen molar-refractivity contribution in [1.29, 1.82) is 0 Å². The van der Waals surface area contributed by atoms with Gasteiger partial charge in [0.15, 0.2) is 0 Å². The Hall–Kier alpha value is -1.87. The van der Waals surface area contributed by atoms with Crippen molar-refractivity contribution in [2.75, 3.05) is 0 Å². The second-order valence-electron chi connectivity index (χ2n) is 3.99. The average Bonchev–Trinajstić information content (AvgIpc) is 2.36. The predicted molar refractivity (Wildman–Crippen MR) is 71.6 cm³/mol. The lowest BCUT2D eigenvalue weighted by atomic mass is 10.2. The third-order valence-corrected chi connectivity index (χ3v) is 2.67. The minimum Gasteiger partial charge on any atom is -0.348 e. The van der Waals surface area contributed by atoms with Crippen LogP contribution in [0.2, 0.25) is 5.15 Å². The van der Waals surface area contributed by atoms with E-state index >= 15 is 0 Å². The monoisotopic (exact) mass is 260 g/mol. The van der Waals surface area contributed by atoms with Crippen molar-refractivity contribution in [1.82, 2.24) is 10.3 Å². The third-order valence-electron chi connectivity index (χ3n) is 2.48. The number of rotatable bonds is 3. The summed E-state index contributed by atoms with van der Waals surface area (Å²) in [6.45, 7) is 2.30. The topological polar surface area (TPSA) is 42.0 Å². The molecule has 0 aliphatic heterocycles. The van der Waals surface area contributed by atoms with Gasteiger partial charge in [-0.1, -0.05) is 41.9 Å². The number of benzene rings is 1. The maximum Gasteiger partial charge on any atom is 0.251 e. The van der Waals surface area contributed by atoms with E-state index in [2.05, 4.69) is 10.3 Å². The molecule has 92 valence electrons. The first-order valence-corrected chi connectivity index (χ1v) is 5.99. The summed E-state index contributed by atoms with van der Waals surface area (Å²) in [7, 11) is 0. The van der Waals surface area contributed by atoms with E-state index in [-0.39, 0.29) is 5.91 Å². The summed E-state index contributed by atoms with van der Waals surface area (Å²) in [4.78, 5) is 15.9. The van der Waals surface area contributed by atoms with Gasteiger partial charge in [-0.05, 0) is 24.6 Å². The van der Waals surface area contributed by atoms with Crippen LogP contribution in [0.3, 0.4) is 0 Å². The molecule has 2 aromatic rings. The summed E-state index contributed by atoms with van der Waals surface area (Å²) < 4.78 is 0. The van der Waals surface area contributed by atoms with Gasteiger partial charge in [0.05, 0.1) is 0 Å². The summed E-state index contributed by atoms with van der Waals surface area (Å²) in [5.74, 6) is -0.147. The molecular formula is C14H13ClN2O. The predicted octanol–water partition coefficient (Wildman–Crippen LogP) is 2.97. The van der Waals surface area contributed by atoms with Crippen LogP contribution < -0.4 is 5.32 Å². The fraction of sp³-hybridized carbons (Fsp3) is 0.143. The van der Waals surface area contributed by atoms with Crippen molar-refractivity contribution < 1.29 is 4.79 Å². The van der Waals surface area contributed by atoms with Crippen LogP contribution in [0.15, 0.2) is 42.5 Å².